The summed E-state index contributed by atoms with van der Waals surface area (Å²) in [7, 11) is 0. The van der Waals surface area contributed by atoms with Crippen LogP contribution >= 0.6 is 0 Å². The molecule has 0 radical (unpaired) electrons. The summed E-state index contributed by atoms with van der Waals surface area (Å²) in [6.45, 7) is 2.83. The van der Waals surface area contributed by atoms with Crippen molar-refractivity contribution < 1.29 is 19.5 Å². The van der Waals surface area contributed by atoms with Crippen LogP contribution in [0.2, 0.25) is 0 Å². The van der Waals surface area contributed by atoms with Gasteiger partial charge in [0.05, 0.1) is 12.0 Å². The first kappa shape index (κ1) is 11.6. The highest BCUT2D eigenvalue weighted by Crippen LogP contribution is 2.19. The molecule has 0 spiro atoms. The Morgan fingerprint density at radius 2 is 2.00 bits per heavy atom. The first-order valence-corrected chi connectivity index (χ1v) is 3.84. The van der Waals surface area contributed by atoms with Crippen LogP contribution in [0, 0.1) is 5.41 Å². The molecule has 0 saturated carbocycles. The maximum Gasteiger partial charge on any atom is 0.309 e. The molecule has 0 aliphatic heterocycles. The van der Waals surface area contributed by atoms with E-state index in [0.717, 1.165) is 0 Å². The van der Waals surface area contributed by atoms with Crippen molar-refractivity contribution >= 4 is 18.2 Å². The lowest BCUT2D eigenvalue weighted by molar-refractivity contribution is -0.149. The van der Waals surface area contributed by atoms with E-state index in [2.05, 4.69) is 5.32 Å². The lowest BCUT2D eigenvalue weighted by Crippen LogP contribution is -2.34. The molecular formula is C8H13NO4. The Morgan fingerprint density at radius 1 is 1.46 bits per heavy atom. The van der Waals surface area contributed by atoms with Crippen molar-refractivity contribution in [1.82, 2.24) is 5.32 Å². The number of carboxylic acids is 1. The van der Waals surface area contributed by atoms with Crippen molar-refractivity contribution in [2.24, 2.45) is 5.41 Å². The Morgan fingerprint density at radius 3 is 2.38 bits per heavy atom. The molecule has 0 rings (SSSR count). The Bertz CT molecular complexity index is 222. The van der Waals surface area contributed by atoms with Gasteiger partial charge in [-0.2, -0.15) is 0 Å². The molecule has 0 aromatic rings. The molecule has 0 aliphatic rings. The van der Waals surface area contributed by atoms with Crippen molar-refractivity contribution in [3.05, 3.63) is 0 Å². The van der Waals surface area contributed by atoms with Gasteiger partial charge in [0.25, 0.3) is 0 Å². The van der Waals surface area contributed by atoms with Crippen molar-refractivity contribution in [1.29, 1.82) is 0 Å². The number of carboxylic acid groups (broad SMARTS) is 1. The Labute approximate surface area is 76.1 Å². The van der Waals surface area contributed by atoms with Crippen LogP contribution in [0.4, 0.5) is 0 Å². The lowest BCUT2D eigenvalue weighted by Gasteiger charge is -2.17. The number of amides is 1. The molecule has 0 aliphatic carbocycles. The molecule has 1 amide bonds. The second-order valence-electron chi connectivity index (χ2n) is 3.34. The largest absolute Gasteiger partial charge is 0.481 e. The van der Waals surface area contributed by atoms with Crippen molar-refractivity contribution in [3.8, 4) is 0 Å². The predicted octanol–water partition coefficient (Wildman–Crippen LogP) is -0.198. The zero-order valence-corrected chi connectivity index (χ0v) is 7.66. The standard InChI is InChI=1S/C8H13NO4/c1-8(2,7(12)13)5-6(11)9-3-4-10/h4H,3,5H2,1-2H3,(H,9,11)(H,12,13). The number of nitrogens with one attached hydrogen (secondary N) is 1. The number of aliphatic carboxylic acids is 1. The maximum absolute atomic E-state index is 11.0. The van der Waals surface area contributed by atoms with E-state index in [-0.39, 0.29) is 13.0 Å². The van der Waals surface area contributed by atoms with Gasteiger partial charge in [-0.05, 0) is 13.8 Å². The molecule has 0 saturated heterocycles. The maximum atomic E-state index is 11.0. The van der Waals surface area contributed by atoms with E-state index in [1.807, 2.05) is 0 Å². The number of carbonyl (C=O) groups is 3. The van der Waals surface area contributed by atoms with Crippen LogP contribution in [0.1, 0.15) is 20.3 Å². The number of rotatable bonds is 5. The molecule has 2 N–H and O–H groups in total. The summed E-state index contributed by atoms with van der Waals surface area (Å²) in [6.07, 6.45) is 0.418. The summed E-state index contributed by atoms with van der Waals surface area (Å²) >= 11 is 0. The summed E-state index contributed by atoms with van der Waals surface area (Å²) < 4.78 is 0. The minimum atomic E-state index is -1.09. The fraction of sp³-hybridized carbons (Fsp3) is 0.625. The fourth-order valence-corrected chi connectivity index (χ4v) is 0.695. The average Bonchev–Trinajstić information content (AvgIpc) is 1.99. The first-order chi connectivity index (χ1) is 5.90. The van der Waals surface area contributed by atoms with Crippen LogP contribution in [0.15, 0.2) is 0 Å². The lowest BCUT2D eigenvalue weighted by atomic mass is 9.89. The SMILES string of the molecule is CC(C)(CC(=O)NCC=O)C(=O)O. The molecule has 0 unspecified atom stereocenters. The highest BCUT2D eigenvalue weighted by molar-refractivity contribution is 5.85. The van der Waals surface area contributed by atoms with E-state index >= 15 is 0 Å². The summed E-state index contributed by atoms with van der Waals surface area (Å²) in [6, 6.07) is 0. The third-order valence-electron chi connectivity index (χ3n) is 1.56. The van der Waals surface area contributed by atoms with E-state index in [9.17, 15) is 14.4 Å². The highest BCUT2D eigenvalue weighted by atomic mass is 16.4. The molecule has 0 heterocycles. The Hall–Kier alpha value is -1.39. The number of aldehydes is 1. The van der Waals surface area contributed by atoms with Crippen LogP contribution in [0.5, 0.6) is 0 Å². The third-order valence-corrected chi connectivity index (χ3v) is 1.56. The smallest absolute Gasteiger partial charge is 0.309 e. The van der Waals surface area contributed by atoms with Crippen LogP contribution in [0.25, 0.3) is 0 Å². The zero-order valence-electron chi connectivity index (χ0n) is 7.66. The zero-order chi connectivity index (χ0) is 10.5. The molecule has 0 bridgehead atoms. The van der Waals surface area contributed by atoms with E-state index in [1.54, 1.807) is 0 Å². The number of hydrogen-bond donors (Lipinski definition) is 2. The Kier molecular flexibility index (Phi) is 4.10. The fourth-order valence-electron chi connectivity index (χ4n) is 0.695. The van der Waals surface area contributed by atoms with Gasteiger partial charge in [0.2, 0.25) is 5.91 Å². The predicted molar refractivity (Wildman–Crippen MR) is 45.1 cm³/mol. The topological polar surface area (TPSA) is 83.5 Å². The molecule has 13 heavy (non-hydrogen) atoms. The van der Waals surface area contributed by atoms with Gasteiger partial charge in [-0.3, -0.25) is 9.59 Å². The molecule has 5 heteroatoms. The minimum absolute atomic E-state index is 0.0749. The summed E-state index contributed by atoms with van der Waals surface area (Å²) in [4.78, 5) is 31.4. The highest BCUT2D eigenvalue weighted by Gasteiger charge is 2.29. The number of hydrogen-bond acceptors (Lipinski definition) is 3. The molecular weight excluding hydrogens is 174 g/mol. The van der Waals surface area contributed by atoms with E-state index in [0.29, 0.717) is 6.29 Å². The monoisotopic (exact) mass is 187 g/mol. The molecule has 0 aromatic heterocycles. The second kappa shape index (κ2) is 4.59. The van der Waals surface area contributed by atoms with Gasteiger partial charge in [-0.25, -0.2) is 0 Å². The molecule has 74 valence electrons. The van der Waals surface area contributed by atoms with Gasteiger partial charge in [-0.1, -0.05) is 0 Å². The third kappa shape index (κ3) is 4.25. The van der Waals surface area contributed by atoms with Crippen molar-refractivity contribution in [2.75, 3.05) is 6.54 Å². The van der Waals surface area contributed by atoms with Crippen molar-refractivity contribution in [3.63, 3.8) is 0 Å². The van der Waals surface area contributed by atoms with Crippen LogP contribution < -0.4 is 5.32 Å². The summed E-state index contributed by atoms with van der Waals surface area (Å²) in [5.41, 5.74) is -1.09. The average molecular weight is 187 g/mol. The number of carbonyl (C=O) groups excluding carboxylic acids is 2. The van der Waals surface area contributed by atoms with Crippen molar-refractivity contribution in [2.45, 2.75) is 20.3 Å². The van der Waals surface area contributed by atoms with E-state index in [4.69, 9.17) is 5.11 Å². The van der Waals surface area contributed by atoms with Gasteiger partial charge in [0, 0.05) is 6.42 Å². The minimum Gasteiger partial charge on any atom is -0.481 e. The van der Waals surface area contributed by atoms with Gasteiger partial charge < -0.3 is 15.2 Å². The van der Waals surface area contributed by atoms with Crippen LogP contribution in [0.3, 0.4) is 0 Å². The molecule has 5 nitrogen and oxygen atoms in total. The molecule has 0 atom stereocenters. The Balaban J connectivity index is 4.04. The van der Waals surface area contributed by atoms with Crippen LogP contribution in [-0.4, -0.2) is 29.8 Å². The first-order valence-electron chi connectivity index (χ1n) is 3.84. The van der Waals surface area contributed by atoms with Gasteiger partial charge in [0.1, 0.15) is 6.29 Å². The summed E-state index contributed by atoms with van der Waals surface area (Å²) in [5.74, 6) is -1.46. The van der Waals surface area contributed by atoms with E-state index < -0.39 is 17.3 Å². The molecule has 0 aromatic carbocycles. The van der Waals surface area contributed by atoms with Gasteiger partial charge in [-0.15, -0.1) is 0 Å². The second-order valence-corrected chi connectivity index (χ2v) is 3.34. The molecule has 0 fully saturated rings. The van der Waals surface area contributed by atoms with Gasteiger partial charge in [0.15, 0.2) is 0 Å². The normalized spacial score (nSPS) is 10.6. The van der Waals surface area contributed by atoms with Crippen LogP contribution in [-0.2, 0) is 14.4 Å². The quantitative estimate of drug-likeness (QED) is 0.584. The van der Waals surface area contributed by atoms with E-state index in [1.165, 1.54) is 13.8 Å². The summed E-state index contributed by atoms with van der Waals surface area (Å²) in [5, 5.41) is 10.9. The van der Waals surface area contributed by atoms with Gasteiger partial charge >= 0.3 is 5.97 Å².